The van der Waals surface area contributed by atoms with Crippen molar-refractivity contribution in [1.82, 2.24) is 4.37 Å². The summed E-state index contributed by atoms with van der Waals surface area (Å²) in [5, 5.41) is 0. The summed E-state index contributed by atoms with van der Waals surface area (Å²) in [7, 11) is 3.33. The summed E-state index contributed by atoms with van der Waals surface area (Å²) in [5.74, 6) is 2.41. The van der Waals surface area contributed by atoms with Crippen molar-refractivity contribution in [3.8, 4) is 38.8 Å². The Hall–Kier alpha value is -2.18. The van der Waals surface area contributed by atoms with Crippen LogP contribution in [0, 0.1) is 0 Å². The molecule has 0 saturated carbocycles. The predicted octanol–water partition coefficient (Wildman–Crippen LogP) is 5.11. The largest absolute Gasteiger partial charge is 0.496 e. The number of fused-ring (bicyclic) bond motifs is 1. The van der Waals surface area contributed by atoms with E-state index in [4.69, 9.17) is 14.2 Å². The zero-order valence-electron chi connectivity index (χ0n) is 14.6. The van der Waals surface area contributed by atoms with Crippen LogP contribution in [0.1, 0.15) is 12.0 Å². The lowest BCUT2D eigenvalue weighted by atomic mass is 9.98. The van der Waals surface area contributed by atoms with Gasteiger partial charge in [-0.15, -0.1) is 12.6 Å². The Kier molecular flexibility index (Phi) is 4.78. The molecule has 1 aliphatic heterocycles. The van der Waals surface area contributed by atoms with E-state index in [2.05, 4.69) is 23.1 Å². The fourth-order valence-corrected chi connectivity index (χ4v) is 4.30. The van der Waals surface area contributed by atoms with E-state index in [1.165, 1.54) is 17.1 Å². The molecule has 0 radical (unpaired) electrons. The molecule has 0 aliphatic carbocycles. The first kappa shape index (κ1) is 17.2. The van der Waals surface area contributed by atoms with Crippen LogP contribution in [0.2, 0.25) is 0 Å². The zero-order valence-corrected chi connectivity index (χ0v) is 16.3. The maximum absolute atomic E-state index is 5.81. The number of rotatable bonds is 4. The third-order valence-corrected chi connectivity index (χ3v) is 5.71. The van der Waals surface area contributed by atoms with Gasteiger partial charge in [0.2, 0.25) is 0 Å². The molecule has 1 aliphatic rings. The van der Waals surface area contributed by atoms with Gasteiger partial charge in [0.25, 0.3) is 0 Å². The molecule has 134 valence electrons. The van der Waals surface area contributed by atoms with Gasteiger partial charge in [0, 0.05) is 16.7 Å². The highest BCUT2D eigenvalue weighted by Gasteiger charge is 2.20. The van der Waals surface area contributed by atoms with E-state index in [0.29, 0.717) is 0 Å². The Morgan fingerprint density at radius 1 is 1.08 bits per heavy atom. The monoisotopic (exact) mass is 385 g/mol. The van der Waals surface area contributed by atoms with Gasteiger partial charge in [0.05, 0.1) is 25.7 Å². The number of hydrogen-bond acceptors (Lipinski definition) is 6. The fraction of sp³-hybridized carbons (Fsp3) is 0.250. The average molecular weight is 386 g/mol. The second-order valence-electron chi connectivity index (χ2n) is 6.07. The maximum Gasteiger partial charge on any atom is 0.164 e. The molecule has 0 N–H and O–H groups in total. The van der Waals surface area contributed by atoms with Crippen LogP contribution in [-0.2, 0) is 6.42 Å². The molecule has 4 rings (SSSR count). The first-order valence-corrected chi connectivity index (χ1v) is 9.59. The normalized spacial score (nSPS) is 13.0. The first-order chi connectivity index (χ1) is 12.7. The van der Waals surface area contributed by atoms with Crippen LogP contribution in [0.4, 0.5) is 0 Å². The van der Waals surface area contributed by atoms with Crippen molar-refractivity contribution in [2.75, 3.05) is 20.8 Å². The highest BCUT2D eigenvalue weighted by molar-refractivity contribution is 7.80. The van der Waals surface area contributed by atoms with E-state index in [0.717, 1.165) is 63.2 Å². The number of aromatic nitrogens is 1. The third kappa shape index (κ3) is 3.04. The van der Waals surface area contributed by atoms with Gasteiger partial charge in [-0.2, -0.15) is 4.37 Å². The van der Waals surface area contributed by atoms with Crippen molar-refractivity contribution in [3.63, 3.8) is 0 Å². The van der Waals surface area contributed by atoms with Gasteiger partial charge in [0.1, 0.15) is 5.75 Å². The molecule has 0 spiro atoms. The minimum Gasteiger partial charge on any atom is -0.496 e. The number of hydrogen-bond donors (Lipinski definition) is 1. The van der Waals surface area contributed by atoms with Gasteiger partial charge < -0.3 is 14.2 Å². The van der Waals surface area contributed by atoms with Crippen molar-refractivity contribution in [2.24, 2.45) is 0 Å². The quantitative estimate of drug-likeness (QED) is 0.634. The number of aryl methyl sites for hydroxylation is 1. The summed E-state index contributed by atoms with van der Waals surface area (Å²) in [6.07, 6.45) is 3.92. The van der Waals surface area contributed by atoms with Crippen LogP contribution < -0.4 is 14.2 Å². The smallest absolute Gasteiger partial charge is 0.164 e. The molecule has 26 heavy (non-hydrogen) atoms. The zero-order chi connectivity index (χ0) is 18.1. The molecule has 0 fully saturated rings. The SMILES string of the molecule is COc1ccc(-c2cnsc2-c2cc3c(c(OC)c2)OCCC3)cc1S. The molecular formula is C20H19NO3S2. The molecule has 0 bridgehead atoms. The highest BCUT2D eigenvalue weighted by atomic mass is 32.1. The second-order valence-corrected chi connectivity index (χ2v) is 7.36. The number of thiol groups is 1. The fourth-order valence-electron chi connectivity index (χ4n) is 3.24. The van der Waals surface area contributed by atoms with Crippen LogP contribution in [-0.4, -0.2) is 25.2 Å². The molecule has 1 aromatic heterocycles. The summed E-state index contributed by atoms with van der Waals surface area (Å²) in [6.45, 7) is 0.741. The number of nitrogens with zero attached hydrogens (tertiary/aromatic N) is 1. The number of benzene rings is 2. The summed E-state index contributed by atoms with van der Waals surface area (Å²) in [5.41, 5.74) is 4.42. The van der Waals surface area contributed by atoms with Gasteiger partial charge in [-0.3, -0.25) is 0 Å². The van der Waals surface area contributed by atoms with Crippen LogP contribution >= 0.6 is 24.2 Å². The maximum atomic E-state index is 5.81. The van der Waals surface area contributed by atoms with Gasteiger partial charge in [-0.25, -0.2) is 0 Å². The Bertz CT molecular complexity index is 935. The lowest BCUT2D eigenvalue weighted by Crippen LogP contribution is -2.09. The summed E-state index contributed by atoms with van der Waals surface area (Å²) >= 11 is 6.00. The van der Waals surface area contributed by atoms with E-state index in [-0.39, 0.29) is 0 Å². The van der Waals surface area contributed by atoms with Crippen LogP contribution in [0.15, 0.2) is 41.4 Å². The van der Waals surface area contributed by atoms with Crippen molar-refractivity contribution in [2.45, 2.75) is 17.7 Å². The van der Waals surface area contributed by atoms with Crippen LogP contribution in [0.3, 0.4) is 0 Å². The molecule has 0 atom stereocenters. The topological polar surface area (TPSA) is 40.6 Å². The molecule has 0 unspecified atom stereocenters. The highest BCUT2D eigenvalue weighted by Crippen LogP contribution is 2.43. The second kappa shape index (κ2) is 7.21. The van der Waals surface area contributed by atoms with Crippen LogP contribution in [0.25, 0.3) is 21.6 Å². The lowest BCUT2D eigenvalue weighted by molar-refractivity contribution is 0.269. The molecule has 0 saturated heterocycles. The van der Waals surface area contributed by atoms with Gasteiger partial charge in [0.15, 0.2) is 11.5 Å². The minimum atomic E-state index is 0.741. The van der Waals surface area contributed by atoms with E-state index >= 15 is 0 Å². The van der Waals surface area contributed by atoms with Gasteiger partial charge in [-0.1, -0.05) is 6.07 Å². The standard InChI is InChI=1S/C20H19NO3S2/c1-22-16-6-5-12(10-18(16)25)15-11-21-26-20(15)14-8-13-4-3-7-24-19(13)17(9-14)23-2/h5-6,8-11,25H,3-4,7H2,1-2H3. The number of ether oxygens (including phenoxy) is 3. The Labute approximate surface area is 162 Å². The molecule has 2 aromatic carbocycles. The van der Waals surface area contributed by atoms with Gasteiger partial charge >= 0.3 is 0 Å². The molecular weight excluding hydrogens is 366 g/mol. The Morgan fingerprint density at radius 2 is 1.92 bits per heavy atom. The molecule has 6 heteroatoms. The predicted molar refractivity (Wildman–Crippen MR) is 107 cm³/mol. The van der Waals surface area contributed by atoms with Crippen LogP contribution in [0.5, 0.6) is 17.2 Å². The number of methoxy groups -OCH3 is 2. The molecule has 2 heterocycles. The summed E-state index contributed by atoms with van der Waals surface area (Å²) < 4.78 is 21.1. The van der Waals surface area contributed by atoms with Crippen molar-refractivity contribution < 1.29 is 14.2 Å². The average Bonchev–Trinajstić information content (AvgIpc) is 3.17. The summed E-state index contributed by atoms with van der Waals surface area (Å²) in [6, 6.07) is 10.2. The minimum absolute atomic E-state index is 0.741. The third-order valence-electron chi connectivity index (χ3n) is 4.51. The Balaban J connectivity index is 1.81. The van der Waals surface area contributed by atoms with E-state index in [1.54, 1.807) is 14.2 Å². The van der Waals surface area contributed by atoms with Crippen molar-refractivity contribution in [1.29, 1.82) is 0 Å². The van der Waals surface area contributed by atoms with E-state index < -0.39 is 0 Å². The summed E-state index contributed by atoms with van der Waals surface area (Å²) in [4.78, 5) is 1.91. The van der Waals surface area contributed by atoms with E-state index in [9.17, 15) is 0 Å². The molecule has 3 aromatic rings. The van der Waals surface area contributed by atoms with E-state index in [1.807, 2.05) is 30.5 Å². The lowest BCUT2D eigenvalue weighted by Gasteiger charge is -2.21. The van der Waals surface area contributed by atoms with Gasteiger partial charge in [-0.05, 0) is 65.3 Å². The van der Waals surface area contributed by atoms with Crippen molar-refractivity contribution >= 4 is 24.2 Å². The Morgan fingerprint density at radius 3 is 2.69 bits per heavy atom. The molecule has 4 nitrogen and oxygen atoms in total. The first-order valence-electron chi connectivity index (χ1n) is 8.37. The molecule has 0 amide bonds. The van der Waals surface area contributed by atoms with Crippen molar-refractivity contribution in [3.05, 3.63) is 42.1 Å².